The van der Waals surface area contributed by atoms with E-state index in [1.165, 1.54) is 19.1 Å². The van der Waals surface area contributed by atoms with Crippen molar-refractivity contribution in [2.24, 2.45) is 0 Å². The Labute approximate surface area is 170 Å². The van der Waals surface area contributed by atoms with Crippen LogP contribution >= 0.6 is 0 Å². The molecule has 4 nitrogen and oxygen atoms in total. The van der Waals surface area contributed by atoms with E-state index in [0.717, 1.165) is 11.1 Å². The number of ketones is 1. The van der Waals surface area contributed by atoms with Crippen LogP contribution in [0.2, 0.25) is 0 Å². The van der Waals surface area contributed by atoms with Gasteiger partial charge in [-0.2, -0.15) is 0 Å². The Morgan fingerprint density at radius 3 is 2.24 bits per heavy atom. The second kappa shape index (κ2) is 9.26. The van der Waals surface area contributed by atoms with Gasteiger partial charge >= 0.3 is 0 Å². The van der Waals surface area contributed by atoms with Crippen molar-refractivity contribution in [3.8, 4) is 0 Å². The number of nitrogens with zero attached hydrogens (tertiary/aromatic N) is 1. The predicted molar refractivity (Wildman–Crippen MR) is 112 cm³/mol. The number of carbonyl (C=O) groups excluding carboxylic acids is 2. The summed E-state index contributed by atoms with van der Waals surface area (Å²) in [4.78, 5) is 26.1. The zero-order valence-electron chi connectivity index (χ0n) is 16.4. The van der Waals surface area contributed by atoms with Crippen LogP contribution in [0.4, 0.5) is 10.1 Å². The molecule has 0 heterocycles. The monoisotopic (exact) mass is 390 g/mol. The minimum Gasteiger partial charge on any atom is -0.325 e. The highest BCUT2D eigenvalue weighted by Crippen LogP contribution is 2.27. The summed E-state index contributed by atoms with van der Waals surface area (Å²) in [6.45, 7) is 1.61. The summed E-state index contributed by atoms with van der Waals surface area (Å²) in [5.41, 5.74) is 3.03. The number of likely N-dealkylation sites (N-methyl/N-ethyl adjacent to an activating group) is 1. The van der Waals surface area contributed by atoms with Crippen LogP contribution < -0.4 is 5.32 Å². The number of nitrogens with one attached hydrogen (secondary N) is 1. The third-order valence-electron chi connectivity index (χ3n) is 4.69. The molecule has 0 aliphatic rings. The standard InChI is InChI=1S/C24H23FN2O2/c1-17(28)20-9-6-10-22(15-20)26-23(29)16-27(2)24(18-7-4-3-5-8-18)19-11-13-21(25)14-12-19/h3-15,24H,16H2,1-2H3,(H,26,29). The molecule has 1 N–H and O–H groups in total. The van der Waals surface area contributed by atoms with E-state index >= 15 is 0 Å². The lowest BCUT2D eigenvalue weighted by Gasteiger charge is -2.28. The lowest BCUT2D eigenvalue weighted by atomic mass is 9.97. The van der Waals surface area contributed by atoms with Gasteiger partial charge in [-0.15, -0.1) is 0 Å². The van der Waals surface area contributed by atoms with Crippen molar-refractivity contribution in [1.29, 1.82) is 0 Å². The number of halogens is 1. The summed E-state index contributed by atoms with van der Waals surface area (Å²) in [7, 11) is 1.85. The molecule has 0 fully saturated rings. The van der Waals surface area contributed by atoms with E-state index in [0.29, 0.717) is 11.3 Å². The van der Waals surface area contributed by atoms with Gasteiger partial charge in [0.2, 0.25) is 5.91 Å². The van der Waals surface area contributed by atoms with Crippen LogP contribution in [0.15, 0.2) is 78.9 Å². The molecule has 1 unspecified atom stereocenters. The molecule has 1 amide bonds. The second-order valence-electron chi connectivity index (χ2n) is 6.97. The number of hydrogen-bond acceptors (Lipinski definition) is 3. The first-order chi connectivity index (χ1) is 13.9. The van der Waals surface area contributed by atoms with Crippen molar-refractivity contribution in [1.82, 2.24) is 4.90 Å². The molecule has 3 aromatic rings. The number of benzene rings is 3. The predicted octanol–water partition coefficient (Wildman–Crippen LogP) is 4.69. The van der Waals surface area contributed by atoms with Gasteiger partial charge in [0.1, 0.15) is 5.82 Å². The minimum atomic E-state index is -0.300. The van der Waals surface area contributed by atoms with E-state index in [-0.39, 0.29) is 30.1 Å². The van der Waals surface area contributed by atoms with Gasteiger partial charge < -0.3 is 5.32 Å². The number of anilines is 1. The molecule has 0 aliphatic carbocycles. The maximum absolute atomic E-state index is 13.4. The number of amides is 1. The molecule has 3 rings (SSSR count). The first-order valence-electron chi connectivity index (χ1n) is 9.35. The third kappa shape index (κ3) is 5.36. The first kappa shape index (κ1) is 20.4. The van der Waals surface area contributed by atoms with Crippen LogP contribution in [0, 0.1) is 5.82 Å². The first-order valence-corrected chi connectivity index (χ1v) is 9.35. The highest BCUT2D eigenvalue weighted by Gasteiger charge is 2.21. The Bertz CT molecular complexity index is 987. The Balaban J connectivity index is 1.78. The zero-order valence-corrected chi connectivity index (χ0v) is 16.4. The van der Waals surface area contributed by atoms with Gasteiger partial charge in [0.05, 0.1) is 12.6 Å². The van der Waals surface area contributed by atoms with Crippen LogP contribution in [0.25, 0.3) is 0 Å². The van der Waals surface area contributed by atoms with Crippen molar-refractivity contribution in [3.05, 3.63) is 101 Å². The Kier molecular flexibility index (Phi) is 6.52. The Morgan fingerprint density at radius 2 is 1.59 bits per heavy atom. The molecule has 29 heavy (non-hydrogen) atoms. The summed E-state index contributed by atoms with van der Waals surface area (Å²) in [6.07, 6.45) is 0. The largest absolute Gasteiger partial charge is 0.325 e. The molecule has 0 radical (unpaired) electrons. The van der Waals surface area contributed by atoms with E-state index in [4.69, 9.17) is 0 Å². The molecule has 0 aliphatic heterocycles. The molecular formula is C24H23FN2O2. The zero-order chi connectivity index (χ0) is 20.8. The van der Waals surface area contributed by atoms with Crippen LogP contribution in [0.5, 0.6) is 0 Å². The summed E-state index contributed by atoms with van der Waals surface area (Å²) in [6, 6.07) is 22.7. The fourth-order valence-electron chi connectivity index (χ4n) is 3.32. The van der Waals surface area contributed by atoms with Gasteiger partial charge in [0, 0.05) is 11.3 Å². The van der Waals surface area contributed by atoms with E-state index in [9.17, 15) is 14.0 Å². The smallest absolute Gasteiger partial charge is 0.238 e. The lowest BCUT2D eigenvalue weighted by Crippen LogP contribution is -2.34. The fraction of sp³-hybridized carbons (Fsp3) is 0.167. The Hall–Kier alpha value is -3.31. The van der Waals surface area contributed by atoms with Gasteiger partial charge in [0.15, 0.2) is 5.78 Å². The number of rotatable bonds is 7. The molecule has 0 saturated heterocycles. The van der Waals surface area contributed by atoms with E-state index in [2.05, 4.69) is 5.32 Å². The minimum absolute atomic E-state index is 0.0568. The topological polar surface area (TPSA) is 49.4 Å². The fourth-order valence-corrected chi connectivity index (χ4v) is 3.32. The van der Waals surface area contributed by atoms with Gasteiger partial charge in [-0.25, -0.2) is 4.39 Å². The molecule has 3 aromatic carbocycles. The van der Waals surface area contributed by atoms with Crippen molar-refractivity contribution in [2.75, 3.05) is 18.9 Å². The maximum Gasteiger partial charge on any atom is 0.238 e. The third-order valence-corrected chi connectivity index (χ3v) is 4.69. The quantitative estimate of drug-likeness (QED) is 0.596. The lowest BCUT2D eigenvalue weighted by molar-refractivity contribution is -0.117. The molecule has 5 heteroatoms. The van der Waals surface area contributed by atoms with Crippen molar-refractivity contribution in [2.45, 2.75) is 13.0 Å². The van der Waals surface area contributed by atoms with Crippen LogP contribution in [-0.4, -0.2) is 30.2 Å². The number of carbonyl (C=O) groups is 2. The molecule has 0 aromatic heterocycles. The maximum atomic E-state index is 13.4. The highest BCUT2D eigenvalue weighted by atomic mass is 19.1. The summed E-state index contributed by atoms with van der Waals surface area (Å²) in [5.74, 6) is -0.554. The molecule has 0 spiro atoms. The second-order valence-corrected chi connectivity index (χ2v) is 6.97. The number of hydrogen-bond donors (Lipinski definition) is 1. The van der Waals surface area contributed by atoms with E-state index < -0.39 is 0 Å². The highest BCUT2D eigenvalue weighted by molar-refractivity contribution is 5.97. The summed E-state index contributed by atoms with van der Waals surface area (Å²) >= 11 is 0. The molecule has 0 bridgehead atoms. The van der Waals surface area contributed by atoms with Crippen molar-refractivity contribution >= 4 is 17.4 Å². The van der Waals surface area contributed by atoms with Crippen LogP contribution in [-0.2, 0) is 4.79 Å². The normalized spacial score (nSPS) is 11.9. The SMILES string of the molecule is CC(=O)c1cccc(NC(=O)CN(C)C(c2ccccc2)c2ccc(F)cc2)c1. The average molecular weight is 390 g/mol. The van der Waals surface area contributed by atoms with Gasteiger partial charge in [0.25, 0.3) is 0 Å². The average Bonchev–Trinajstić information content (AvgIpc) is 2.70. The molecular weight excluding hydrogens is 367 g/mol. The van der Waals surface area contributed by atoms with Crippen LogP contribution in [0.1, 0.15) is 34.5 Å². The van der Waals surface area contributed by atoms with E-state index in [1.54, 1.807) is 36.4 Å². The summed E-state index contributed by atoms with van der Waals surface area (Å²) < 4.78 is 13.4. The molecule has 0 saturated carbocycles. The number of Topliss-reactive ketones (excluding diaryl/α,β-unsaturated/α-hetero) is 1. The van der Waals surface area contributed by atoms with Crippen molar-refractivity contribution < 1.29 is 14.0 Å². The Morgan fingerprint density at radius 1 is 0.931 bits per heavy atom. The molecule has 1 atom stereocenters. The molecule has 148 valence electrons. The van der Waals surface area contributed by atoms with Gasteiger partial charge in [-0.05, 0) is 49.4 Å². The van der Waals surface area contributed by atoms with E-state index in [1.807, 2.05) is 42.3 Å². The summed E-state index contributed by atoms with van der Waals surface area (Å²) in [5, 5.41) is 2.84. The van der Waals surface area contributed by atoms with Gasteiger partial charge in [-0.3, -0.25) is 14.5 Å². The van der Waals surface area contributed by atoms with Crippen LogP contribution in [0.3, 0.4) is 0 Å². The van der Waals surface area contributed by atoms with Gasteiger partial charge in [-0.1, -0.05) is 54.6 Å². The van der Waals surface area contributed by atoms with Crippen molar-refractivity contribution in [3.63, 3.8) is 0 Å².